The zero-order chi connectivity index (χ0) is 20.5. The van der Waals surface area contributed by atoms with Gasteiger partial charge in [-0.15, -0.1) is 0 Å². The number of rotatable bonds is 3. The van der Waals surface area contributed by atoms with E-state index < -0.39 is 0 Å². The molecule has 2 aromatic carbocycles. The Labute approximate surface area is 169 Å². The van der Waals surface area contributed by atoms with Crippen molar-refractivity contribution in [1.82, 2.24) is 4.57 Å². The van der Waals surface area contributed by atoms with Crippen LogP contribution in [0.25, 0.3) is 0 Å². The molecule has 0 saturated carbocycles. The van der Waals surface area contributed by atoms with E-state index >= 15 is 0 Å². The molecular weight excluding hydrogens is 367 g/mol. The molecule has 1 aromatic heterocycles. The minimum atomic E-state index is -0.294. The molecule has 0 spiro atoms. The molecule has 1 amide bonds. The van der Waals surface area contributed by atoms with E-state index in [0.717, 1.165) is 35.2 Å². The van der Waals surface area contributed by atoms with Crippen molar-refractivity contribution in [2.24, 2.45) is 0 Å². The van der Waals surface area contributed by atoms with E-state index in [1.54, 1.807) is 27.8 Å². The zero-order valence-electron chi connectivity index (χ0n) is 16.6. The van der Waals surface area contributed by atoms with Crippen LogP contribution in [0.5, 0.6) is 0 Å². The molecule has 2 heterocycles. The van der Waals surface area contributed by atoms with Crippen LogP contribution in [0.1, 0.15) is 40.4 Å². The topological polar surface area (TPSA) is 42.3 Å². The highest BCUT2D eigenvalue weighted by molar-refractivity contribution is 6.07. The smallest absolute Gasteiger partial charge is 0.260 e. The third kappa shape index (κ3) is 3.86. The van der Waals surface area contributed by atoms with Gasteiger partial charge in [-0.2, -0.15) is 0 Å². The number of benzene rings is 2. The fourth-order valence-corrected chi connectivity index (χ4v) is 3.96. The molecule has 0 fully saturated rings. The van der Waals surface area contributed by atoms with Gasteiger partial charge in [0.2, 0.25) is 0 Å². The molecule has 1 aliphatic heterocycles. The van der Waals surface area contributed by atoms with Gasteiger partial charge >= 0.3 is 0 Å². The van der Waals surface area contributed by atoms with Crippen molar-refractivity contribution in [2.45, 2.75) is 39.3 Å². The summed E-state index contributed by atoms with van der Waals surface area (Å²) in [5, 5.41) is 0. The Balaban J connectivity index is 1.68. The van der Waals surface area contributed by atoms with Gasteiger partial charge in [0.05, 0.1) is 12.1 Å². The minimum absolute atomic E-state index is 0.00221. The first-order valence-corrected chi connectivity index (χ1v) is 9.80. The van der Waals surface area contributed by atoms with Crippen molar-refractivity contribution in [3.63, 3.8) is 0 Å². The van der Waals surface area contributed by atoms with Crippen LogP contribution in [0, 0.1) is 12.7 Å². The molecule has 1 atom stereocenters. The van der Waals surface area contributed by atoms with Crippen molar-refractivity contribution in [1.29, 1.82) is 0 Å². The van der Waals surface area contributed by atoms with Crippen molar-refractivity contribution in [3.05, 3.63) is 99.2 Å². The predicted octanol–water partition coefficient (Wildman–Crippen LogP) is 4.33. The Bertz CT molecular complexity index is 1140. The second kappa shape index (κ2) is 7.66. The number of hydrogen-bond donors (Lipinski definition) is 0. The van der Waals surface area contributed by atoms with Gasteiger partial charge in [0.1, 0.15) is 5.82 Å². The van der Waals surface area contributed by atoms with Crippen molar-refractivity contribution in [3.8, 4) is 0 Å². The maximum atomic E-state index is 13.6. The van der Waals surface area contributed by atoms with Crippen molar-refractivity contribution in [2.75, 3.05) is 4.90 Å². The third-order valence-electron chi connectivity index (χ3n) is 5.46. The summed E-state index contributed by atoms with van der Waals surface area (Å²) in [6.07, 6.45) is 3.13. The SMILES string of the molecule is Cc1cccc(Cn2cc(C(=O)N3c4ccc(F)cc4CC[C@@H]3C)ccc2=O)c1. The Morgan fingerprint density at radius 2 is 1.97 bits per heavy atom. The number of aromatic nitrogens is 1. The number of fused-ring (bicyclic) bond motifs is 1. The molecule has 0 N–H and O–H groups in total. The van der Waals surface area contributed by atoms with E-state index in [0.29, 0.717) is 12.1 Å². The molecule has 0 unspecified atom stereocenters. The van der Waals surface area contributed by atoms with E-state index in [2.05, 4.69) is 0 Å². The Morgan fingerprint density at radius 3 is 2.76 bits per heavy atom. The van der Waals surface area contributed by atoms with Crippen LogP contribution in [0.2, 0.25) is 0 Å². The lowest BCUT2D eigenvalue weighted by Gasteiger charge is -2.35. The molecule has 1 aliphatic rings. The highest BCUT2D eigenvalue weighted by atomic mass is 19.1. The van der Waals surface area contributed by atoms with Gasteiger partial charge in [-0.3, -0.25) is 9.59 Å². The number of aryl methyl sites for hydroxylation is 2. The van der Waals surface area contributed by atoms with Crippen LogP contribution < -0.4 is 10.5 Å². The van der Waals surface area contributed by atoms with Crippen molar-refractivity contribution < 1.29 is 9.18 Å². The van der Waals surface area contributed by atoms with Crippen LogP contribution in [0.3, 0.4) is 0 Å². The average Bonchev–Trinajstić information content (AvgIpc) is 2.69. The summed E-state index contributed by atoms with van der Waals surface area (Å²) in [7, 11) is 0. The number of anilines is 1. The summed E-state index contributed by atoms with van der Waals surface area (Å²) < 4.78 is 15.2. The molecular formula is C24H23FN2O2. The van der Waals surface area contributed by atoms with Crippen LogP contribution in [-0.4, -0.2) is 16.5 Å². The quantitative estimate of drug-likeness (QED) is 0.668. The van der Waals surface area contributed by atoms with Crippen LogP contribution in [0.4, 0.5) is 10.1 Å². The maximum absolute atomic E-state index is 13.6. The monoisotopic (exact) mass is 390 g/mol. The summed E-state index contributed by atoms with van der Waals surface area (Å²) >= 11 is 0. The van der Waals surface area contributed by atoms with Gasteiger partial charge in [-0.05, 0) is 62.1 Å². The molecule has 29 heavy (non-hydrogen) atoms. The largest absolute Gasteiger partial charge is 0.310 e. The molecule has 0 aliphatic carbocycles. The zero-order valence-corrected chi connectivity index (χ0v) is 16.6. The van der Waals surface area contributed by atoms with E-state index in [9.17, 15) is 14.0 Å². The normalized spacial score (nSPS) is 15.8. The van der Waals surface area contributed by atoms with Gasteiger partial charge < -0.3 is 9.47 Å². The number of amides is 1. The number of hydrogen-bond acceptors (Lipinski definition) is 2. The number of carbonyl (C=O) groups excluding carboxylic acids is 1. The van der Waals surface area contributed by atoms with Gasteiger partial charge in [0.25, 0.3) is 11.5 Å². The highest BCUT2D eigenvalue weighted by Crippen LogP contribution is 2.32. The Hall–Kier alpha value is -3.21. The van der Waals surface area contributed by atoms with Gasteiger partial charge in [-0.1, -0.05) is 29.8 Å². The number of halogens is 1. The Morgan fingerprint density at radius 1 is 1.14 bits per heavy atom. The van der Waals surface area contributed by atoms with Crippen molar-refractivity contribution >= 4 is 11.6 Å². The molecule has 4 rings (SSSR count). The minimum Gasteiger partial charge on any atom is -0.310 e. The molecule has 4 nitrogen and oxygen atoms in total. The summed E-state index contributed by atoms with van der Waals surface area (Å²) in [4.78, 5) is 27.4. The average molecular weight is 390 g/mol. The maximum Gasteiger partial charge on any atom is 0.260 e. The standard InChI is InChI=1S/C24H23FN2O2/c1-16-4-3-5-18(12-16)14-26-15-20(8-11-23(26)28)24(29)27-17(2)6-7-19-13-21(25)9-10-22(19)27/h3-5,8-13,15,17H,6-7,14H2,1-2H3/t17-/m0/s1. The first-order chi connectivity index (χ1) is 13.9. The first-order valence-electron chi connectivity index (χ1n) is 9.80. The molecule has 3 aromatic rings. The van der Waals surface area contributed by atoms with Crippen LogP contribution >= 0.6 is 0 Å². The molecule has 5 heteroatoms. The molecule has 0 radical (unpaired) electrons. The first kappa shape index (κ1) is 19.1. The lowest BCUT2D eigenvalue weighted by molar-refractivity contribution is 0.0974. The molecule has 148 valence electrons. The number of pyridine rings is 1. The van der Waals surface area contributed by atoms with Gasteiger partial charge in [0.15, 0.2) is 0 Å². The van der Waals surface area contributed by atoms with Gasteiger partial charge in [-0.25, -0.2) is 4.39 Å². The van der Waals surface area contributed by atoms with Crippen LogP contribution in [0.15, 0.2) is 65.6 Å². The Kier molecular flexibility index (Phi) is 5.05. The van der Waals surface area contributed by atoms with E-state index in [-0.39, 0.29) is 23.3 Å². The molecule has 0 saturated heterocycles. The fourth-order valence-electron chi connectivity index (χ4n) is 3.96. The van der Waals surface area contributed by atoms with E-state index in [4.69, 9.17) is 0 Å². The third-order valence-corrected chi connectivity index (χ3v) is 5.46. The highest BCUT2D eigenvalue weighted by Gasteiger charge is 2.29. The lowest BCUT2D eigenvalue weighted by atomic mass is 9.95. The fraction of sp³-hybridized carbons (Fsp3) is 0.250. The summed E-state index contributed by atoms with van der Waals surface area (Å²) in [5.41, 5.74) is 3.99. The number of carbonyl (C=O) groups is 1. The van der Waals surface area contributed by atoms with Crippen LogP contribution in [-0.2, 0) is 13.0 Å². The van der Waals surface area contributed by atoms with E-state index in [1.165, 1.54) is 18.2 Å². The predicted molar refractivity (Wildman–Crippen MR) is 112 cm³/mol. The lowest BCUT2D eigenvalue weighted by Crippen LogP contribution is -2.42. The second-order valence-corrected chi connectivity index (χ2v) is 7.71. The summed E-state index contributed by atoms with van der Waals surface area (Å²) in [6, 6.07) is 15.5. The summed E-state index contributed by atoms with van der Waals surface area (Å²) in [6.45, 7) is 4.40. The second-order valence-electron chi connectivity index (χ2n) is 7.71. The molecule has 0 bridgehead atoms. The van der Waals surface area contributed by atoms with Gasteiger partial charge in [0, 0.05) is 24.0 Å². The van der Waals surface area contributed by atoms with E-state index in [1.807, 2.05) is 38.1 Å². The number of nitrogens with zero attached hydrogens (tertiary/aromatic N) is 2. The summed E-state index contributed by atoms with van der Waals surface area (Å²) in [5.74, 6) is -0.472.